The molecule has 1 aromatic rings. The summed E-state index contributed by atoms with van der Waals surface area (Å²) >= 11 is 0. The maximum absolute atomic E-state index is 12.0. The van der Waals surface area contributed by atoms with Crippen molar-refractivity contribution in [1.82, 2.24) is 4.72 Å². The lowest BCUT2D eigenvalue weighted by Crippen LogP contribution is -2.24. The molecular weight excluding hydrogens is 292 g/mol. The van der Waals surface area contributed by atoms with Gasteiger partial charge in [0.15, 0.2) is 0 Å². The van der Waals surface area contributed by atoms with Crippen LogP contribution in [0.1, 0.15) is 33.1 Å². The van der Waals surface area contributed by atoms with Gasteiger partial charge in [0.1, 0.15) is 0 Å². The summed E-state index contributed by atoms with van der Waals surface area (Å²) in [6, 6.07) is 5.95. The molecule has 1 amide bonds. The second-order valence-corrected chi connectivity index (χ2v) is 6.24. The molecule has 0 bridgehead atoms. The predicted molar refractivity (Wildman–Crippen MR) is 81.8 cm³/mol. The second kappa shape index (κ2) is 8.63. The predicted octanol–water partition coefficient (Wildman–Crippen LogP) is 2.72. The van der Waals surface area contributed by atoms with Crippen LogP contribution in [0.5, 0.6) is 0 Å². The first-order chi connectivity index (χ1) is 9.99. The molecule has 0 saturated carbocycles. The number of anilines is 1. The Morgan fingerprint density at radius 2 is 1.81 bits per heavy atom. The zero-order valence-corrected chi connectivity index (χ0v) is 13.2. The molecule has 2 N–H and O–H groups in total. The van der Waals surface area contributed by atoms with Crippen molar-refractivity contribution in [1.29, 1.82) is 0 Å². The smallest absolute Gasteiger partial charge is 0.411 e. The van der Waals surface area contributed by atoms with Crippen molar-refractivity contribution in [3.05, 3.63) is 24.3 Å². The molecule has 0 aliphatic carbocycles. The largest absolute Gasteiger partial charge is 0.450 e. The SMILES string of the molecule is CCCCCNS(=O)(=O)c1ccc(NC(=O)OCC)cc1. The minimum atomic E-state index is -3.49. The third-order valence-corrected chi connectivity index (χ3v) is 4.24. The van der Waals surface area contributed by atoms with Gasteiger partial charge in [-0.15, -0.1) is 0 Å². The number of amides is 1. The third-order valence-electron chi connectivity index (χ3n) is 2.76. The van der Waals surface area contributed by atoms with Gasteiger partial charge in [0.2, 0.25) is 10.0 Å². The van der Waals surface area contributed by atoms with Gasteiger partial charge in [0.05, 0.1) is 11.5 Å². The van der Waals surface area contributed by atoms with Gasteiger partial charge in [-0.25, -0.2) is 17.9 Å². The van der Waals surface area contributed by atoms with Crippen LogP contribution in [0.3, 0.4) is 0 Å². The molecule has 0 aliphatic heterocycles. The van der Waals surface area contributed by atoms with Crippen molar-refractivity contribution in [2.75, 3.05) is 18.5 Å². The van der Waals surface area contributed by atoms with Crippen molar-refractivity contribution >= 4 is 21.8 Å². The molecule has 1 rings (SSSR count). The van der Waals surface area contributed by atoms with Crippen molar-refractivity contribution in [3.63, 3.8) is 0 Å². The minimum absolute atomic E-state index is 0.174. The Morgan fingerprint density at radius 1 is 1.14 bits per heavy atom. The fraction of sp³-hybridized carbons (Fsp3) is 0.500. The number of nitrogens with one attached hydrogen (secondary N) is 2. The summed E-state index contributed by atoms with van der Waals surface area (Å²) in [6.45, 7) is 4.47. The first-order valence-corrected chi connectivity index (χ1v) is 8.51. The Labute approximate surface area is 125 Å². The Kier molecular flexibility index (Phi) is 7.18. The Balaban J connectivity index is 2.61. The van der Waals surface area contributed by atoms with E-state index in [4.69, 9.17) is 4.74 Å². The van der Waals surface area contributed by atoms with E-state index >= 15 is 0 Å². The number of carbonyl (C=O) groups is 1. The van der Waals surface area contributed by atoms with Crippen LogP contribution in [-0.4, -0.2) is 27.7 Å². The summed E-state index contributed by atoms with van der Waals surface area (Å²) in [6.07, 6.45) is 2.28. The molecule has 0 heterocycles. The molecule has 1 aromatic carbocycles. The molecule has 0 aromatic heterocycles. The molecule has 6 nitrogen and oxygen atoms in total. The van der Waals surface area contributed by atoms with Crippen LogP contribution < -0.4 is 10.0 Å². The van der Waals surface area contributed by atoms with Crippen LogP contribution in [0.4, 0.5) is 10.5 Å². The molecular formula is C14H22N2O4S. The Hall–Kier alpha value is -1.60. The molecule has 0 unspecified atom stereocenters. The van der Waals surface area contributed by atoms with E-state index in [9.17, 15) is 13.2 Å². The van der Waals surface area contributed by atoms with Crippen molar-refractivity contribution in [2.24, 2.45) is 0 Å². The summed E-state index contributed by atoms with van der Waals surface area (Å²) in [5.41, 5.74) is 0.485. The minimum Gasteiger partial charge on any atom is -0.450 e. The fourth-order valence-electron chi connectivity index (χ4n) is 1.67. The molecule has 0 fully saturated rings. The van der Waals surface area contributed by atoms with Crippen molar-refractivity contribution in [2.45, 2.75) is 38.0 Å². The van der Waals surface area contributed by atoms with Crippen molar-refractivity contribution in [3.8, 4) is 0 Å². The molecule has 0 saturated heterocycles. The van der Waals surface area contributed by atoms with E-state index in [0.717, 1.165) is 19.3 Å². The normalized spacial score (nSPS) is 11.1. The third kappa shape index (κ3) is 6.14. The monoisotopic (exact) mass is 314 g/mol. The lowest BCUT2D eigenvalue weighted by Gasteiger charge is -2.08. The van der Waals surface area contributed by atoms with Gasteiger partial charge < -0.3 is 4.74 Å². The van der Waals surface area contributed by atoms with Gasteiger partial charge in [-0.1, -0.05) is 19.8 Å². The number of sulfonamides is 1. The lowest BCUT2D eigenvalue weighted by molar-refractivity contribution is 0.168. The average Bonchev–Trinajstić information content (AvgIpc) is 2.44. The lowest BCUT2D eigenvalue weighted by atomic mass is 10.3. The van der Waals surface area contributed by atoms with E-state index in [1.165, 1.54) is 24.3 Å². The van der Waals surface area contributed by atoms with Gasteiger partial charge in [-0.05, 0) is 37.6 Å². The highest BCUT2D eigenvalue weighted by Crippen LogP contribution is 2.14. The number of carbonyl (C=O) groups excluding carboxylic acids is 1. The highest BCUT2D eigenvalue weighted by Gasteiger charge is 2.13. The highest BCUT2D eigenvalue weighted by atomic mass is 32.2. The van der Waals surface area contributed by atoms with Gasteiger partial charge in [-0.2, -0.15) is 0 Å². The van der Waals surface area contributed by atoms with E-state index in [-0.39, 0.29) is 11.5 Å². The quantitative estimate of drug-likeness (QED) is 0.723. The zero-order valence-electron chi connectivity index (χ0n) is 12.4. The molecule has 0 atom stereocenters. The van der Waals surface area contributed by atoms with Crippen molar-refractivity contribution < 1.29 is 17.9 Å². The number of unbranched alkanes of at least 4 members (excludes halogenated alkanes) is 2. The maximum atomic E-state index is 12.0. The van der Waals surface area contributed by atoms with E-state index in [1.54, 1.807) is 6.92 Å². The van der Waals surface area contributed by atoms with Crippen LogP contribution >= 0.6 is 0 Å². The molecule has 0 radical (unpaired) electrons. The second-order valence-electron chi connectivity index (χ2n) is 4.47. The summed E-state index contributed by atoms with van der Waals surface area (Å²) in [4.78, 5) is 11.4. The van der Waals surface area contributed by atoms with E-state index in [0.29, 0.717) is 12.2 Å². The summed E-state index contributed by atoms with van der Waals surface area (Å²) in [5.74, 6) is 0. The average molecular weight is 314 g/mol. The van der Waals surface area contributed by atoms with E-state index in [2.05, 4.69) is 17.0 Å². The van der Waals surface area contributed by atoms with Gasteiger partial charge >= 0.3 is 6.09 Å². The number of ether oxygens (including phenoxy) is 1. The number of rotatable bonds is 8. The summed E-state index contributed by atoms with van der Waals surface area (Å²) in [5, 5.41) is 2.51. The number of hydrogen-bond acceptors (Lipinski definition) is 4. The highest BCUT2D eigenvalue weighted by molar-refractivity contribution is 7.89. The van der Waals surface area contributed by atoms with Crippen LogP contribution in [-0.2, 0) is 14.8 Å². The van der Waals surface area contributed by atoms with E-state index in [1.807, 2.05) is 0 Å². The standard InChI is InChI=1S/C14H22N2O4S/c1-3-5-6-11-15-21(18,19)13-9-7-12(8-10-13)16-14(17)20-4-2/h7-10,15H,3-6,11H2,1-2H3,(H,16,17). The maximum Gasteiger partial charge on any atom is 0.411 e. The van der Waals surface area contributed by atoms with Gasteiger partial charge in [0, 0.05) is 12.2 Å². The number of benzene rings is 1. The molecule has 0 aliphatic rings. The first kappa shape index (κ1) is 17.5. The molecule has 118 valence electrons. The molecule has 0 spiro atoms. The van der Waals surface area contributed by atoms with Crippen LogP contribution in [0, 0.1) is 0 Å². The topological polar surface area (TPSA) is 84.5 Å². The first-order valence-electron chi connectivity index (χ1n) is 7.03. The van der Waals surface area contributed by atoms with E-state index < -0.39 is 16.1 Å². The molecule has 7 heteroatoms. The van der Waals surface area contributed by atoms with Crippen LogP contribution in [0.25, 0.3) is 0 Å². The van der Waals surface area contributed by atoms with Crippen LogP contribution in [0.2, 0.25) is 0 Å². The summed E-state index contributed by atoms with van der Waals surface area (Å²) < 4.78 is 31.3. The van der Waals surface area contributed by atoms with Gasteiger partial charge in [0.25, 0.3) is 0 Å². The Morgan fingerprint density at radius 3 is 2.38 bits per heavy atom. The summed E-state index contributed by atoms with van der Waals surface area (Å²) in [7, 11) is -3.49. The molecule has 21 heavy (non-hydrogen) atoms. The van der Waals surface area contributed by atoms with Gasteiger partial charge in [-0.3, -0.25) is 5.32 Å². The van der Waals surface area contributed by atoms with Crippen LogP contribution in [0.15, 0.2) is 29.2 Å². The zero-order chi connectivity index (χ0) is 15.7. The fourth-order valence-corrected chi connectivity index (χ4v) is 2.74. The number of hydrogen-bond donors (Lipinski definition) is 2. The Bertz CT molecular complexity index is 541.